The van der Waals surface area contributed by atoms with E-state index in [0.717, 1.165) is 11.1 Å². The summed E-state index contributed by atoms with van der Waals surface area (Å²) >= 11 is 5.80. The zero-order valence-corrected chi connectivity index (χ0v) is 8.44. The summed E-state index contributed by atoms with van der Waals surface area (Å²) in [4.78, 5) is 13.8. The van der Waals surface area contributed by atoms with Crippen molar-refractivity contribution in [2.45, 2.75) is 20.0 Å². The lowest BCUT2D eigenvalue weighted by Gasteiger charge is -2.04. The third kappa shape index (κ3) is 2.32. The molecular formula is C9H12ClNO2. The summed E-state index contributed by atoms with van der Waals surface area (Å²) in [6.45, 7) is 2.34. The number of methoxy groups -OCH3 is 1. The molecule has 13 heavy (non-hydrogen) atoms. The maximum atomic E-state index is 11.2. The van der Waals surface area contributed by atoms with E-state index in [1.807, 2.05) is 6.92 Å². The number of rotatable bonds is 3. The minimum atomic E-state index is -0.118. The van der Waals surface area contributed by atoms with Crippen molar-refractivity contribution in [1.82, 2.24) is 4.98 Å². The average molecular weight is 202 g/mol. The van der Waals surface area contributed by atoms with Gasteiger partial charge in [0.2, 0.25) is 0 Å². The van der Waals surface area contributed by atoms with Gasteiger partial charge in [0.1, 0.15) is 5.15 Å². The number of aryl methyl sites for hydroxylation is 1. The molecule has 0 bridgehead atoms. The van der Waals surface area contributed by atoms with Gasteiger partial charge in [0.25, 0.3) is 5.56 Å². The first-order valence-corrected chi connectivity index (χ1v) is 4.46. The monoisotopic (exact) mass is 201 g/mol. The van der Waals surface area contributed by atoms with E-state index in [9.17, 15) is 4.79 Å². The van der Waals surface area contributed by atoms with Crippen molar-refractivity contribution in [3.8, 4) is 0 Å². The molecule has 1 N–H and O–H groups in total. The van der Waals surface area contributed by atoms with Crippen LogP contribution in [0, 0.1) is 0 Å². The quantitative estimate of drug-likeness (QED) is 0.757. The van der Waals surface area contributed by atoms with Crippen molar-refractivity contribution < 1.29 is 4.74 Å². The van der Waals surface area contributed by atoms with Crippen LogP contribution in [0.4, 0.5) is 0 Å². The van der Waals surface area contributed by atoms with Crippen LogP contribution in [0.3, 0.4) is 0 Å². The number of ether oxygens (including phenoxy) is 1. The van der Waals surface area contributed by atoms with Gasteiger partial charge in [-0.2, -0.15) is 0 Å². The van der Waals surface area contributed by atoms with Gasteiger partial charge in [-0.05, 0) is 12.5 Å². The number of pyridine rings is 1. The molecule has 0 aliphatic heterocycles. The maximum absolute atomic E-state index is 11.2. The van der Waals surface area contributed by atoms with Crippen molar-refractivity contribution in [1.29, 1.82) is 0 Å². The van der Waals surface area contributed by atoms with Crippen LogP contribution in [0.1, 0.15) is 18.1 Å². The van der Waals surface area contributed by atoms with Gasteiger partial charge in [0.15, 0.2) is 0 Å². The van der Waals surface area contributed by atoms with Crippen LogP contribution in [-0.2, 0) is 17.8 Å². The van der Waals surface area contributed by atoms with Crippen molar-refractivity contribution in [3.63, 3.8) is 0 Å². The summed E-state index contributed by atoms with van der Waals surface area (Å²) in [5.74, 6) is 0. The molecule has 72 valence electrons. The normalized spacial score (nSPS) is 10.4. The van der Waals surface area contributed by atoms with Crippen molar-refractivity contribution in [3.05, 3.63) is 32.7 Å². The molecular weight excluding hydrogens is 190 g/mol. The molecule has 1 aromatic rings. The first-order valence-electron chi connectivity index (χ1n) is 4.08. The predicted molar refractivity (Wildman–Crippen MR) is 52.2 cm³/mol. The van der Waals surface area contributed by atoms with Crippen LogP contribution in [-0.4, -0.2) is 12.1 Å². The number of H-pyrrole nitrogens is 1. The Bertz CT molecular complexity index is 346. The molecule has 0 radical (unpaired) electrons. The Kier molecular flexibility index (Phi) is 3.51. The minimum absolute atomic E-state index is 0.118. The van der Waals surface area contributed by atoms with E-state index >= 15 is 0 Å². The smallest absolute Gasteiger partial charge is 0.252 e. The van der Waals surface area contributed by atoms with Crippen LogP contribution in [0.2, 0.25) is 5.15 Å². The van der Waals surface area contributed by atoms with Crippen LogP contribution in [0.5, 0.6) is 0 Å². The fourth-order valence-electron chi connectivity index (χ4n) is 1.12. The van der Waals surface area contributed by atoms with E-state index in [1.54, 1.807) is 13.2 Å². The van der Waals surface area contributed by atoms with Gasteiger partial charge in [-0.1, -0.05) is 18.5 Å². The van der Waals surface area contributed by atoms with Gasteiger partial charge in [-0.3, -0.25) is 4.79 Å². The van der Waals surface area contributed by atoms with Crippen LogP contribution < -0.4 is 5.56 Å². The van der Waals surface area contributed by atoms with Crippen LogP contribution in [0.15, 0.2) is 10.9 Å². The minimum Gasteiger partial charge on any atom is -0.380 e. The number of aromatic nitrogens is 1. The Morgan fingerprint density at radius 3 is 2.77 bits per heavy atom. The Hall–Kier alpha value is -0.800. The molecule has 1 aromatic heterocycles. The fourth-order valence-corrected chi connectivity index (χ4v) is 1.32. The van der Waals surface area contributed by atoms with E-state index in [0.29, 0.717) is 18.2 Å². The maximum Gasteiger partial charge on any atom is 0.252 e. The topological polar surface area (TPSA) is 42.1 Å². The molecule has 3 nitrogen and oxygen atoms in total. The largest absolute Gasteiger partial charge is 0.380 e. The summed E-state index contributed by atoms with van der Waals surface area (Å²) in [6, 6.07) is 1.78. The lowest BCUT2D eigenvalue weighted by molar-refractivity contribution is 0.184. The Morgan fingerprint density at radius 2 is 2.23 bits per heavy atom. The van der Waals surface area contributed by atoms with Crippen LogP contribution >= 0.6 is 11.6 Å². The highest BCUT2D eigenvalue weighted by molar-refractivity contribution is 6.30. The Labute approximate surface area is 81.7 Å². The second kappa shape index (κ2) is 4.44. The molecule has 0 atom stereocenters. The Balaban J connectivity index is 3.14. The van der Waals surface area contributed by atoms with Crippen LogP contribution in [0.25, 0.3) is 0 Å². The molecule has 1 heterocycles. The van der Waals surface area contributed by atoms with Crippen molar-refractivity contribution in [2.75, 3.05) is 7.11 Å². The third-order valence-corrected chi connectivity index (χ3v) is 2.16. The first kappa shape index (κ1) is 10.3. The number of hydrogen-bond donors (Lipinski definition) is 1. The molecule has 0 saturated carbocycles. The lowest BCUT2D eigenvalue weighted by Crippen LogP contribution is -2.13. The van der Waals surface area contributed by atoms with Gasteiger partial charge < -0.3 is 9.72 Å². The number of nitrogens with one attached hydrogen (secondary N) is 1. The van der Waals surface area contributed by atoms with E-state index < -0.39 is 0 Å². The highest BCUT2D eigenvalue weighted by Crippen LogP contribution is 2.12. The second-order valence-electron chi connectivity index (χ2n) is 2.75. The van der Waals surface area contributed by atoms with E-state index in [-0.39, 0.29) is 5.56 Å². The predicted octanol–water partition coefficient (Wildman–Crippen LogP) is 1.74. The molecule has 0 saturated heterocycles. The highest BCUT2D eigenvalue weighted by Gasteiger charge is 2.04. The van der Waals surface area contributed by atoms with E-state index in [2.05, 4.69) is 4.98 Å². The summed E-state index contributed by atoms with van der Waals surface area (Å²) in [6.07, 6.45) is 0.698. The highest BCUT2D eigenvalue weighted by atomic mass is 35.5. The lowest BCUT2D eigenvalue weighted by atomic mass is 10.2. The molecule has 0 amide bonds. The molecule has 0 unspecified atom stereocenters. The van der Waals surface area contributed by atoms with Gasteiger partial charge >= 0.3 is 0 Å². The second-order valence-corrected chi connectivity index (χ2v) is 3.13. The van der Waals surface area contributed by atoms with Gasteiger partial charge in [-0.15, -0.1) is 0 Å². The average Bonchev–Trinajstić information content (AvgIpc) is 2.10. The molecule has 1 rings (SSSR count). The molecule has 4 heteroatoms. The van der Waals surface area contributed by atoms with Gasteiger partial charge in [-0.25, -0.2) is 0 Å². The molecule has 0 aromatic carbocycles. The molecule has 0 fully saturated rings. The SMILES string of the molecule is CCc1cc(COC)c(Cl)[nH]c1=O. The Morgan fingerprint density at radius 1 is 1.54 bits per heavy atom. The van der Waals surface area contributed by atoms with Crippen molar-refractivity contribution in [2.24, 2.45) is 0 Å². The molecule has 0 spiro atoms. The zero-order valence-electron chi connectivity index (χ0n) is 7.69. The first-order chi connectivity index (χ1) is 6.19. The number of halogens is 1. The number of aromatic amines is 1. The molecule has 0 aliphatic rings. The van der Waals surface area contributed by atoms with E-state index in [4.69, 9.17) is 16.3 Å². The summed E-state index contributed by atoms with van der Waals surface area (Å²) in [5, 5.41) is 0.365. The number of hydrogen-bond acceptors (Lipinski definition) is 2. The summed E-state index contributed by atoms with van der Waals surface area (Å²) in [7, 11) is 1.59. The summed E-state index contributed by atoms with van der Waals surface area (Å²) < 4.78 is 4.94. The third-order valence-electron chi connectivity index (χ3n) is 1.83. The van der Waals surface area contributed by atoms with Crippen molar-refractivity contribution >= 4 is 11.6 Å². The van der Waals surface area contributed by atoms with Gasteiger partial charge in [0, 0.05) is 18.2 Å². The fraction of sp³-hybridized carbons (Fsp3) is 0.444. The summed E-state index contributed by atoms with van der Waals surface area (Å²) in [5.41, 5.74) is 1.43. The zero-order chi connectivity index (χ0) is 9.84. The molecule has 0 aliphatic carbocycles. The van der Waals surface area contributed by atoms with E-state index in [1.165, 1.54) is 0 Å². The standard InChI is InChI=1S/C9H12ClNO2/c1-3-6-4-7(5-13-2)8(10)11-9(6)12/h4H,3,5H2,1-2H3,(H,11,12). The van der Waals surface area contributed by atoms with Gasteiger partial charge in [0.05, 0.1) is 6.61 Å².